The van der Waals surface area contributed by atoms with Crippen molar-refractivity contribution in [2.75, 3.05) is 11.6 Å². The minimum absolute atomic E-state index is 0.246. The summed E-state index contributed by atoms with van der Waals surface area (Å²) in [6.45, 7) is 0. The number of nitrogens with two attached hydrogens (primary N) is 1. The average Bonchev–Trinajstić information content (AvgIpc) is 2.61. The fourth-order valence-corrected chi connectivity index (χ4v) is 3.27. The van der Waals surface area contributed by atoms with Crippen LogP contribution in [-0.2, 0) is 0 Å². The quantitative estimate of drug-likeness (QED) is 0.702. The number of benzene rings is 2. The van der Waals surface area contributed by atoms with Gasteiger partial charge in [-0.3, -0.25) is 14.7 Å². The van der Waals surface area contributed by atoms with Crippen LogP contribution < -0.4 is 16.6 Å². The molecule has 0 unspecified atom stereocenters. The molecular weight excluding hydrogens is 322 g/mol. The Labute approximate surface area is 142 Å². The third-order valence-electron chi connectivity index (χ3n) is 3.99. The van der Waals surface area contributed by atoms with Crippen LogP contribution >= 0.6 is 11.8 Å². The number of para-hydroxylation sites is 1. The molecule has 0 radical (unpaired) electrons. The zero-order valence-electron chi connectivity index (χ0n) is 12.9. The fraction of sp³-hybridized carbons (Fsp3) is 0.118. The van der Waals surface area contributed by atoms with E-state index < -0.39 is 0 Å². The molecule has 0 bridgehead atoms. The van der Waals surface area contributed by atoms with E-state index in [4.69, 9.17) is 5.73 Å². The molecule has 0 saturated carbocycles. The molecule has 3 N–H and O–H groups in total. The summed E-state index contributed by atoms with van der Waals surface area (Å²) in [6.07, 6.45) is 1.67. The van der Waals surface area contributed by atoms with Crippen molar-refractivity contribution in [3.63, 3.8) is 0 Å². The summed E-state index contributed by atoms with van der Waals surface area (Å²) in [5.74, 6) is 0.654. The molecule has 0 aliphatic carbocycles. The molecule has 0 amide bonds. The summed E-state index contributed by atoms with van der Waals surface area (Å²) in [7, 11) is 0. The number of guanidine groups is 1. The van der Waals surface area contributed by atoms with Crippen molar-refractivity contribution in [3.8, 4) is 0 Å². The van der Waals surface area contributed by atoms with Crippen LogP contribution in [0.2, 0.25) is 0 Å². The number of fused-ring (bicyclic) bond motifs is 3. The number of nitrogens with one attached hydrogen (secondary N) is 1. The van der Waals surface area contributed by atoms with Crippen molar-refractivity contribution in [2.24, 2.45) is 10.7 Å². The van der Waals surface area contributed by atoms with E-state index in [1.165, 1.54) is 4.90 Å². The van der Waals surface area contributed by atoms with Crippen LogP contribution in [0.25, 0.3) is 10.9 Å². The topological polar surface area (TPSA) is 85.3 Å². The first-order valence-corrected chi connectivity index (χ1v) is 8.65. The molecule has 2 heterocycles. The van der Waals surface area contributed by atoms with Gasteiger partial charge in [0.1, 0.15) is 0 Å². The Hall–Kier alpha value is -2.80. The molecule has 4 rings (SSSR count). The van der Waals surface area contributed by atoms with Crippen LogP contribution in [0.1, 0.15) is 11.7 Å². The number of nitrogens with zero attached hydrogens (tertiary/aromatic N) is 3. The number of anilines is 1. The second kappa shape index (κ2) is 5.68. The molecule has 1 aliphatic heterocycles. The zero-order chi connectivity index (χ0) is 16.7. The monoisotopic (exact) mass is 337 g/mol. The first-order chi connectivity index (χ1) is 11.7. The van der Waals surface area contributed by atoms with Crippen LogP contribution in [0.3, 0.4) is 0 Å². The van der Waals surface area contributed by atoms with Crippen LogP contribution in [-0.4, -0.2) is 21.8 Å². The van der Waals surface area contributed by atoms with Gasteiger partial charge in [-0.1, -0.05) is 24.3 Å². The smallest absolute Gasteiger partial charge is 0.282 e. The Bertz CT molecular complexity index is 1010. The summed E-state index contributed by atoms with van der Waals surface area (Å²) in [4.78, 5) is 22.1. The Morgan fingerprint density at radius 3 is 2.67 bits per heavy atom. The molecule has 2 aromatic carbocycles. The SMILES string of the molecule is CSc1ccc([C@H]2N=C(N)Nc3nc(=O)c4ccccc4n32)cc1. The van der Waals surface area contributed by atoms with Gasteiger partial charge in [0.2, 0.25) is 5.95 Å². The molecule has 1 aromatic heterocycles. The Morgan fingerprint density at radius 2 is 1.92 bits per heavy atom. The van der Waals surface area contributed by atoms with Crippen LogP contribution in [0, 0.1) is 0 Å². The lowest BCUT2D eigenvalue weighted by atomic mass is 10.1. The maximum absolute atomic E-state index is 12.2. The number of thioether (sulfide) groups is 1. The first kappa shape index (κ1) is 14.8. The van der Waals surface area contributed by atoms with Crippen molar-refractivity contribution in [1.29, 1.82) is 0 Å². The van der Waals surface area contributed by atoms with E-state index >= 15 is 0 Å². The van der Waals surface area contributed by atoms with Gasteiger partial charge in [0.25, 0.3) is 5.56 Å². The molecule has 1 aliphatic rings. The maximum atomic E-state index is 12.2. The normalized spacial score (nSPS) is 16.4. The van der Waals surface area contributed by atoms with Gasteiger partial charge < -0.3 is 5.73 Å². The van der Waals surface area contributed by atoms with Crippen molar-refractivity contribution in [1.82, 2.24) is 9.55 Å². The van der Waals surface area contributed by atoms with Gasteiger partial charge in [0.15, 0.2) is 12.1 Å². The largest absolute Gasteiger partial charge is 0.370 e. The summed E-state index contributed by atoms with van der Waals surface area (Å²) >= 11 is 1.68. The van der Waals surface area contributed by atoms with Gasteiger partial charge in [0, 0.05) is 4.90 Å². The Balaban J connectivity index is 1.97. The van der Waals surface area contributed by atoms with Crippen molar-refractivity contribution in [2.45, 2.75) is 11.1 Å². The molecule has 6 nitrogen and oxygen atoms in total. The van der Waals surface area contributed by atoms with Gasteiger partial charge in [-0.25, -0.2) is 4.99 Å². The molecule has 3 aromatic rings. The van der Waals surface area contributed by atoms with E-state index in [1.54, 1.807) is 17.8 Å². The second-order valence-electron chi connectivity index (χ2n) is 5.41. The van der Waals surface area contributed by atoms with E-state index in [9.17, 15) is 4.79 Å². The van der Waals surface area contributed by atoms with Crippen molar-refractivity contribution >= 4 is 34.6 Å². The minimum Gasteiger partial charge on any atom is -0.370 e. The first-order valence-electron chi connectivity index (χ1n) is 7.43. The molecule has 1 atom stereocenters. The second-order valence-corrected chi connectivity index (χ2v) is 6.29. The molecular formula is C17H15N5OS. The highest BCUT2D eigenvalue weighted by molar-refractivity contribution is 7.98. The third kappa shape index (κ3) is 2.33. The van der Waals surface area contributed by atoms with Gasteiger partial charge in [-0.15, -0.1) is 11.8 Å². The summed E-state index contributed by atoms with van der Waals surface area (Å²) in [5, 5.41) is 3.45. The highest BCUT2D eigenvalue weighted by atomic mass is 32.2. The summed E-state index contributed by atoms with van der Waals surface area (Å²) in [6, 6.07) is 15.5. The van der Waals surface area contributed by atoms with E-state index in [0.717, 1.165) is 11.1 Å². The van der Waals surface area contributed by atoms with E-state index in [0.29, 0.717) is 11.3 Å². The molecule has 0 fully saturated rings. The lowest BCUT2D eigenvalue weighted by Crippen LogP contribution is -2.34. The lowest BCUT2D eigenvalue weighted by Gasteiger charge is -2.27. The maximum Gasteiger partial charge on any atom is 0.282 e. The standard InChI is InChI=1S/C17H15N5OS/c1-24-11-8-6-10(7-9-11)14-19-16(18)21-17-20-15(23)12-4-2-3-5-13(12)22(14)17/h2-9,14H,1H3,(H3,18,19,20,21,23)/t14-/m0/s1. The number of aromatic nitrogens is 2. The number of rotatable bonds is 2. The molecule has 120 valence electrons. The summed E-state index contributed by atoms with van der Waals surface area (Å²) in [5.41, 5.74) is 7.38. The predicted octanol–water partition coefficient (Wildman–Crippen LogP) is 2.41. The van der Waals surface area contributed by atoms with E-state index in [2.05, 4.69) is 15.3 Å². The lowest BCUT2D eigenvalue weighted by molar-refractivity contribution is 0.615. The van der Waals surface area contributed by atoms with Crippen LogP contribution in [0.4, 0.5) is 5.95 Å². The zero-order valence-corrected chi connectivity index (χ0v) is 13.7. The van der Waals surface area contributed by atoms with E-state index in [1.807, 2.05) is 53.3 Å². The molecule has 0 saturated heterocycles. The third-order valence-corrected chi connectivity index (χ3v) is 4.73. The highest BCUT2D eigenvalue weighted by Crippen LogP contribution is 2.30. The minimum atomic E-state index is -0.366. The predicted molar refractivity (Wildman–Crippen MR) is 97.6 cm³/mol. The Kier molecular flexibility index (Phi) is 3.50. The number of aliphatic imine (C=N–C) groups is 1. The van der Waals surface area contributed by atoms with Gasteiger partial charge in [-0.05, 0) is 36.1 Å². The summed E-state index contributed by atoms with van der Waals surface area (Å²) < 4.78 is 1.90. The fourth-order valence-electron chi connectivity index (χ4n) is 2.86. The van der Waals surface area contributed by atoms with Crippen molar-refractivity contribution < 1.29 is 0 Å². The van der Waals surface area contributed by atoms with Gasteiger partial charge in [-0.2, -0.15) is 4.98 Å². The van der Waals surface area contributed by atoms with E-state index in [-0.39, 0.29) is 17.7 Å². The molecule has 7 heteroatoms. The van der Waals surface area contributed by atoms with Crippen molar-refractivity contribution in [3.05, 3.63) is 64.4 Å². The molecule has 0 spiro atoms. The highest BCUT2D eigenvalue weighted by Gasteiger charge is 2.24. The number of hydrogen-bond acceptors (Lipinski definition) is 6. The average molecular weight is 337 g/mol. The van der Waals surface area contributed by atoms with Gasteiger partial charge in [0.05, 0.1) is 10.9 Å². The van der Waals surface area contributed by atoms with Gasteiger partial charge >= 0.3 is 0 Å². The number of hydrogen-bond donors (Lipinski definition) is 2. The van der Waals surface area contributed by atoms with Crippen LogP contribution in [0.15, 0.2) is 63.2 Å². The molecule has 24 heavy (non-hydrogen) atoms. The Morgan fingerprint density at radius 1 is 1.17 bits per heavy atom. The van der Waals surface area contributed by atoms with Crippen LogP contribution in [0.5, 0.6) is 0 Å².